The molecule has 0 aliphatic rings. The second-order valence-electron chi connectivity index (χ2n) is 5.54. The maximum atomic E-state index is 3.64. The fourth-order valence-corrected chi connectivity index (χ4v) is 2.27. The molecule has 1 N–H and O–H groups in total. The third kappa shape index (κ3) is 3.25. The first-order valence-electron chi connectivity index (χ1n) is 6.91. The predicted octanol–water partition coefficient (Wildman–Crippen LogP) is 5.08. The average molecular weight is 241 g/mol. The number of rotatable bonds is 5. The number of anilines is 1. The van der Waals surface area contributed by atoms with Crippen molar-refractivity contribution in [2.24, 2.45) is 5.92 Å². The first kappa shape index (κ1) is 12.9. The summed E-state index contributed by atoms with van der Waals surface area (Å²) in [6.45, 7) is 6.83. The van der Waals surface area contributed by atoms with Gasteiger partial charge in [-0.05, 0) is 37.1 Å². The van der Waals surface area contributed by atoms with E-state index < -0.39 is 0 Å². The first-order valence-corrected chi connectivity index (χ1v) is 6.91. The molecular weight excluding hydrogens is 218 g/mol. The fourth-order valence-electron chi connectivity index (χ4n) is 2.27. The molecule has 0 spiro atoms. The van der Waals surface area contributed by atoms with Crippen molar-refractivity contribution in [3.63, 3.8) is 0 Å². The van der Waals surface area contributed by atoms with E-state index in [9.17, 15) is 0 Å². The van der Waals surface area contributed by atoms with Gasteiger partial charge in [-0.1, -0.05) is 50.2 Å². The summed E-state index contributed by atoms with van der Waals surface area (Å²) < 4.78 is 0. The predicted molar refractivity (Wildman–Crippen MR) is 81.1 cm³/mol. The largest absolute Gasteiger partial charge is 0.382 e. The van der Waals surface area contributed by atoms with Gasteiger partial charge >= 0.3 is 0 Å². The fraction of sp³-hybridized carbons (Fsp3) is 0.412. The molecule has 2 aromatic rings. The summed E-state index contributed by atoms with van der Waals surface area (Å²) in [5.74, 6) is 0.779. The molecule has 1 atom stereocenters. The van der Waals surface area contributed by atoms with Gasteiger partial charge in [-0.3, -0.25) is 0 Å². The topological polar surface area (TPSA) is 12.0 Å². The highest BCUT2D eigenvalue weighted by atomic mass is 14.9. The summed E-state index contributed by atoms with van der Waals surface area (Å²) in [5.41, 5.74) is 1.25. The van der Waals surface area contributed by atoms with Gasteiger partial charge in [0, 0.05) is 17.1 Å². The molecule has 2 rings (SSSR count). The Morgan fingerprint density at radius 2 is 1.61 bits per heavy atom. The molecule has 0 heterocycles. The molecule has 0 fully saturated rings. The number of fused-ring (bicyclic) bond motifs is 1. The van der Waals surface area contributed by atoms with Gasteiger partial charge in [0.25, 0.3) is 0 Å². The maximum Gasteiger partial charge on any atom is 0.0421 e. The molecule has 0 amide bonds. The lowest BCUT2D eigenvalue weighted by Gasteiger charge is -2.17. The third-order valence-corrected chi connectivity index (χ3v) is 3.37. The third-order valence-electron chi connectivity index (χ3n) is 3.37. The summed E-state index contributed by atoms with van der Waals surface area (Å²) in [5, 5.41) is 6.26. The van der Waals surface area contributed by atoms with Crippen molar-refractivity contribution < 1.29 is 0 Å². The van der Waals surface area contributed by atoms with Crippen molar-refractivity contribution in [1.82, 2.24) is 0 Å². The van der Waals surface area contributed by atoms with Crippen LogP contribution in [0.25, 0.3) is 10.8 Å². The zero-order chi connectivity index (χ0) is 13.0. The van der Waals surface area contributed by atoms with Gasteiger partial charge in [-0.15, -0.1) is 0 Å². The summed E-state index contributed by atoms with van der Waals surface area (Å²) in [6, 6.07) is 15.5. The number of hydrogen-bond acceptors (Lipinski definition) is 1. The molecule has 0 saturated heterocycles. The van der Waals surface area contributed by atoms with Gasteiger partial charge in [0.15, 0.2) is 0 Å². The highest BCUT2D eigenvalue weighted by Crippen LogP contribution is 2.24. The monoisotopic (exact) mass is 241 g/mol. The Morgan fingerprint density at radius 1 is 0.889 bits per heavy atom. The van der Waals surface area contributed by atoms with E-state index in [2.05, 4.69) is 68.6 Å². The molecule has 1 unspecified atom stereocenters. The molecule has 18 heavy (non-hydrogen) atoms. The smallest absolute Gasteiger partial charge is 0.0421 e. The lowest BCUT2D eigenvalue weighted by atomic mass is 10.0. The first-order chi connectivity index (χ1) is 8.66. The molecule has 0 aromatic heterocycles. The summed E-state index contributed by atoms with van der Waals surface area (Å²) in [6.07, 6.45) is 2.50. The lowest BCUT2D eigenvalue weighted by Crippen LogP contribution is -2.15. The van der Waals surface area contributed by atoms with E-state index in [1.165, 1.54) is 29.3 Å². The minimum absolute atomic E-state index is 0.526. The van der Waals surface area contributed by atoms with Crippen molar-refractivity contribution in [3.8, 4) is 0 Å². The molecule has 0 aliphatic heterocycles. The standard InChI is InChI=1S/C17H23N/c1-13(2)11-12-14(3)18-17-10-6-8-15-7-4-5-9-16(15)17/h4-10,13-14,18H,11-12H2,1-3H3. The van der Waals surface area contributed by atoms with Gasteiger partial charge in [0.2, 0.25) is 0 Å². The Bertz CT molecular complexity index is 496. The molecule has 0 bridgehead atoms. The van der Waals surface area contributed by atoms with Crippen molar-refractivity contribution in [2.45, 2.75) is 39.7 Å². The average Bonchev–Trinajstić information content (AvgIpc) is 2.37. The van der Waals surface area contributed by atoms with Crippen LogP contribution >= 0.6 is 0 Å². The van der Waals surface area contributed by atoms with E-state index in [1.807, 2.05) is 0 Å². The normalized spacial score (nSPS) is 12.9. The Hall–Kier alpha value is -1.50. The summed E-state index contributed by atoms with van der Waals surface area (Å²) in [7, 11) is 0. The van der Waals surface area contributed by atoms with Crippen LogP contribution in [0.4, 0.5) is 5.69 Å². The van der Waals surface area contributed by atoms with Crippen molar-refractivity contribution >= 4 is 16.5 Å². The minimum atomic E-state index is 0.526. The maximum absolute atomic E-state index is 3.64. The quantitative estimate of drug-likeness (QED) is 0.770. The van der Waals surface area contributed by atoms with Crippen molar-refractivity contribution in [1.29, 1.82) is 0 Å². The van der Waals surface area contributed by atoms with E-state index in [1.54, 1.807) is 0 Å². The molecule has 0 aliphatic carbocycles. The molecule has 1 nitrogen and oxygen atoms in total. The SMILES string of the molecule is CC(C)CCC(C)Nc1cccc2ccccc12. The number of nitrogens with one attached hydrogen (secondary N) is 1. The number of benzene rings is 2. The van der Waals surface area contributed by atoms with Crippen LogP contribution in [-0.2, 0) is 0 Å². The summed E-state index contributed by atoms with van der Waals surface area (Å²) >= 11 is 0. The molecule has 0 saturated carbocycles. The van der Waals surface area contributed by atoms with Crippen LogP contribution in [0.3, 0.4) is 0 Å². The number of hydrogen-bond donors (Lipinski definition) is 1. The van der Waals surface area contributed by atoms with Crippen LogP contribution in [0, 0.1) is 5.92 Å². The molecule has 96 valence electrons. The second-order valence-corrected chi connectivity index (χ2v) is 5.54. The van der Waals surface area contributed by atoms with Crippen LogP contribution in [0.2, 0.25) is 0 Å². The molecular formula is C17H23N. The van der Waals surface area contributed by atoms with Gasteiger partial charge in [0.1, 0.15) is 0 Å². The Labute approximate surface area is 110 Å². The van der Waals surface area contributed by atoms with Crippen LogP contribution < -0.4 is 5.32 Å². The van der Waals surface area contributed by atoms with E-state index in [0.29, 0.717) is 6.04 Å². The minimum Gasteiger partial charge on any atom is -0.382 e. The highest BCUT2D eigenvalue weighted by molar-refractivity contribution is 5.93. The highest BCUT2D eigenvalue weighted by Gasteiger charge is 2.05. The van der Waals surface area contributed by atoms with Crippen LogP contribution in [-0.4, -0.2) is 6.04 Å². The van der Waals surface area contributed by atoms with E-state index in [0.717, 1.165) is 5.92 Å². The molecule has 1 heteroatoms. The van der Waals surface area contributed by atoms with Gasteiger partial charge in [0.05, 0.1) is 0 Å². The van der Waals surface area contributed by atoms with Gasteiger partial charge in [-0.25, -0.2) is 0 Å². The van der Waals surface area contributed by atoms with Crippen molar-refractivity contribution in [2.75, 3.05) is 5.32 Å². The molecule has 0 radical (unpaired) electrons. The van der Waals surface area contributed by atoms with Crippen molar-refractivity contribution in [3.05, 3.63) is 42.5 Å². The zero-order valence-electron chi connectivity index (χ0n) is 11.6. The van der Waals surface area contributed by atoms with Crippen LogP contribution in [0.5, 0.6) is 0 Å². The van der Waals surface area contributed by atoms with Gasteiger partial charge in [-0.2, -0.15) is 0 Å². The summed E-state index contributed by atoms with van der Waals surface area (Å²) in [4.78, 5) is 0. The Balaban J connectivity index is 2.11. The lowest BCUT2D eigenvalue weighted by molar-refractivity contribution is 0.528. The van der Waals surface area contributed by atoms with E-state index in [4.69, 9.17) is 0 Å². The van der Waals surface area contributed by atoms with E-state index >= 15 is 0 Å². The van der Waals surface area contributed by atoms with Crippen LogP contribution in [0.1, 0.15) is 33.6 Å². The van der Waals surface area contributed by atoms with Crippen LogP contribution in [0.15, 0.2) is 42.5 Å². The van der Waals surface area contributed by atoms with Gasteiger partial charge < -0.3 is 5.32 Å². The van der Waals surface area contributed by atoms with E-state index in [-0.39, 0.29) is 0 Å². The Morgan fingerprint density at radius 3 is 2.39 bits per heavy atom. The second kappa shape index (κ2) is 5.90. The molecule has 2 aromatic carbocycles. The zero-order valence-corrected chi connectivity index (χ0v) is 11.6. The Kier molecular flexibility index (Phi) is 4.24.